The van der Waals surface area contributed by atoms with E-state index in [-0.39, 0.29) is 0 Å². The van der Waals surface area contributed by atoms with Crippen LogP contribution in [0.1, 0.15) is 5.76 Å². The van der Waals surface area contributed by atoms with E-state index >= 15 is 0 Å². The number of nitrogens with zero attached hydrogens (tertiary/aromatic N) is 4. The Labute approximate surface area is 126 Å². The smallest absolute Gasteiger partial charge is 0.249 e. The van der Waals surface area contributed by atoms with Gasteiger partial charge in [0.15, 0.2) is 11.6 Å². The topological polar surface area (TPSA) is 98.0 Å². The van der Waals surface area contributed by atoms with E-state index in [1.165, 1.54) is 6.20 Å². The maximum atomic E-state index is 5.17. The first-order valence-electron chi connectivity index (χ1n) is 6.54. The van der Waals surface area contributed by atoms with E-state index in [2.05, 4.69) is 31.0 Å². The van der Waals surface area contributed by atoms with Crippen molar-refractivity contribution < 1.29 is 9.26 Å². The normalized spacial score (nSPS) is 10.3. The van der Waals surface area contributed by atoms with Crippen molar-refractivity contribution in [2.75, 3.05) is 17.7 Å². The van der Waals surface area contributed by atoms with Crippen molar-refractivity contribution in [2.24, 2.45) is 0 Å². The van der Waals surface area contributed by atoms with E-state index in [1.54, 1.807) is 13.2 Å². The fourth-order valence-corrected chi connectivity index (χ4v) is 1.80. The van der Waals surface area contributed by atoms with Crippen LogP contribution in [-0.2, 0) is 0 Å². The molecule has 0 fully saturated rings. The van der Waals surface area contributed by atoms with Crippen LogP contribution in [0.4, 0.5) is 23.3 Å². The molecule has 0 saturated heterocycles. The Morgan fingerprint density at radius 2 is 2.05 bits per heavy atom. The number of hydrogen-bond acceptors (Lipinski definition) is 8. The van der Waals surface area contributed by atoms with E-state index in [4.69, 9.17) is 9.26 Å². The predicted octanol–water partition coefficient (Wildman–Crippen LogP) is 2.66. The molecule has 0 aliphatic carbocycles. The molecule has 1 aromatic carbocycles. The summed E-state index contributed by atoms with van der Waals surface area (Å²) in [7, 11) is 1.61. The lowest BCUT2D eigenvalue weighted by Gasteiger charge is -2.07. The van der Waals surface area contributed by atoms with Crippen LogP contribution in [0, 0.1) is 6.92 Å². The Kier molecular flexibility index (Phi) is 3.82. The molecule has 22 heavy (non-hydrogen) atoms. The third-order valence-electron chi connectivity index (χ3n) is 2.77. The fraction of sp³-hybridized carbons (Fsp3) is 0.143. The summed E-state index contributed by atoms with van der Waals surface area (Å²) in [5.74, 6) is 2.88. The van der Waals surface area contributed by atoms with Crippen LogP contribution in [0.15, 0.2) is 41.1 Å². The summed E-state index contributed by atoms with van der Waals surface area (Å²) >= 11 is 0. The second-order valence-electron chi connectivity index (χ2n) is 4.47. The summed E-state index contributed by atoms with van der Waals surface area (Å²) in [6.07, 6.45) is 1.50. The van der Waals surface area contributed by atoms with E-state index in [9.17, 15) is 0 Å². The number of methoxy groups -OCH3 is 1. The summed E-state index contributed by atoms with van der Waals surface area (Å²) in [4.78, 5) is 4.31. The first kappa shape index (κ1) is 13.8. The van der Waals surface area contributed by atoms with E-state index in [0.29, 0.717) is 23.3 Å². The SMILES string of the molecule is COc1cccc(Nc2nncc(Nc3cc(C)on3)n2)c1. The molecule has 0 aliphatic rings. The Bertz CT molecular complexity index is 773. The molecule has 2 aromatic heterocycles. The first-order chi connectivity index (χ1) is 10.7. The largest absolute Gasteiger partial charge is 0.497 e. The maximum absolute atomic E-state index is 5.17. The van der Waals surface area contributed by atoms with Crippen LogP contribution >= 0.6 is 0 Å². The van der Waals surface area contributed by atoms with E-state index in [1.807, 2.05) is 31.2 Å². The molecule has 2 heterocycles. The van der Waals surface area contributed by atoms with Crippen molar-refractivity contribution in [2.45, 2.75) is 6.92 Å². The Morgan fingerprint density at radius 1 is 1.14 bits per heavy atom. The number of rotatable bonds is 5. The van der Waals surface area contributed by atoms with Gasteiger partial charge in [0, 0.05) is 17.8 Å². The van der Waals surface area contributed by atoms with Crippen LogP contribution < -0.4 is 15.4 Å². The van der Waals surface area contributed by atoms with Gasteiger partial charge in [-0.3, -0.25) is 0 Å². The van der Waals surface area contributed by atoms with Crippen molar-refractivity contribution in [1.29, 1.82) is 0 Å². The molecule has 0 unspecified atom stereocenters. The number of nitrogens with one attached hydrogen (secondary N) is 2. The summed E-state index contributed by atoms with van der Waals surface area (Å²) < 4.78 is 10.2. The minimum atomic E-state index is 0.360. The molecule has 112 valence electrons. The van der Waals surface area contributed by atoms with Gasteiger partial charge in [0.25, 0.3) is 0 Å². The van der Waals surface area contributed by atoms with Crippen LogP contribution in [0.25, 0.3) is 0 Å². The van der Waals surface area contributed by atoms with Gasteiger partial charge in [0.1, 0.15) is 11.5 Å². The van der Waals surface area contributed by atoms with Crippen LogP contribution in [0.2, 0.25) is 0 Å². The van der Waals surface area contributed by atoms with Gasteiger partial charge in [0.05, 0.1) is 13.3 Å². The molecule has 0 saturated carbocycles. The number of aromatic nitrogens is 4. The summed E-state index contributed by atoms with van der Waals surface area (Å²) in [6.45, 7) is 1.81. The molecule has 0 spiro atoms. The molecule has 0 atom stereocenters. The highest BCUT2D eigenvalue weighted by Gasteiger charge is 2.05. The lowest BCUT2D eigenvalue weighted by molar-refractivity contribution is 0.400. The molecular weight excluding hydrogens is 284 g/mol. The zero-order valence-electron chi connectivity index (χ0n) is 12.1. The molecule has 8 nitrogen and oxygen atoms in total. The van der Waals surface area contributed by atoms with Gasteiger partial charge < -0.3 is 19.9 Å². The highest BCUT2D eigenvalue weighted by molar-refractivity contribution is 5.58. The van der Waals surface area contributed by atoms with Gasteiger partial charge >= 0.3 is 0 Å². The highest BCUT2D eigenvalue weighted by Crippen LogP contribution is 2.20. The second kappa shape index (κ2) is 6.08. The number of benzene rings is 1. The number of ether oxygens (including phenoxy) is 1. The maximum Gasteiger partial charge on any atom is 0.249 e. The van der Waals surface area contributed by atoms with Crippen LogP contribution in [-0.4, -0.2) is 27.4 Å². The average molecular weight is 298 g/mol. The molecule has 0 radical (unpaired) electrons. The molecule has 0 aliphatic heterocycles. The van der Waals surface area contributed by atoms with E-state index in [0.717, 1.165) is 11.4 Å². The van der Waals surface area contributed by atoms with Gasteiger partial charge in [0.2, 0.25) is 5.95 Å². The number of aryl methyl sites for hydroxylation is 1. The molecule has 2 N–H and O–H groups in total. The molecule has 3 rings (SSSR count). The van der Waals surface area contributed by atoms with Crippen molar-refractivity contribution in [3.05, 3.63) is 42.3 Å². The lowest BCUT2D eigenvalue weighted by atomic mass is 10.3. The third-order valence-corrected chi connectivity index (χ3v) is 2.77. The average Bonchev–Trinajstić information content (AvgIpc) is 2.93. The lowest BCUT2D eigenvalue weighted by Crippen LogP contribution is -2.02. The fourth-order valence-electron chi connectivity index (χ4n) is 1.80. The second-order valence-corrected chi connectivity index (χ2v) is 4.47. The van der Waals surface area contributed by atoms with Crippen LogP contribution in [0.5, 0.6) is 5.75 Å². The summed E-state index contributed by atoms with van der Waals surface area (Å²) in [6, 6.07) is 9.21. The minimum Gasteiger partial charge on any atom is -0.497 e. The monoisotopic (exact) mass is 298 g/mol. The van der Waals surface area contributed by atoms with Crippen LogP contribution in [0.3, 0.4) is 0 Å². The summed E-state index contributed by atoms with van der Waals surface area (Å²) in [5, 5.41) is 17.7. The van der Waals surface area contributed by atoms with Crippen molar-refractivity contribution in [3.63, 3.8) is 0 Å². The third kappa shape index (κ3) is 3.29. The molecule has 0 bridgehead atoms. The van der Waals surface area contributed by atoms with Crippen molar-refractivity contribution >= 4 is 23.3 Å². The predicted molar refractivity (Wildman–Crippen MR) is 80.6 cm³/mol. The van der Waals surface area contributed by atoms with E-state index < -0.39 is 0 Å². The van der Waals surface area contributed by atoms with Gasteiger partial charge in [-0.15, -0.1) is 5.10 Å². The number of hydrogen-bond donors (Lipinski definition) is 2. The molecule has 3 aromatic rings. The van der Waals surface area contributed by atoms with Gasteiger partial charge in [-0.25, -0.2) is 0 Å². The minimum absolute atomic E-state index is 0.360. The molecular formula is C14H14N6O2. The van der Waals surface area contributed by atoms with Crippen molar-refractivity contribution in [1.82, 2.24) is 20.3 Å². The van der Waals surface area contributed by atoms with Gasteiger partial charge in [-0.2, -0.15) is 10.1 Å². The Morgan fingerprint density at radius 3 is 2.82 bits per heavy atom. The van der Waals surface area contributed by atoms with Crippen molar-refractivity contribution in [3.8, 4) is 5.75 Å². The molecule has 0 amide bonds. The Balaban J connectivity index is 1.75. The van der Waals surface area contributed by atoms with Gasteiger partial charge in [-0.1, -0.05) is 11.2 Å². The number of anilines is 4. The standard InChI is InChI=1S/C14H14N6O2/c1-9-6-12(20-22-9)17-13-8-15-19-14(18-13)16-10-4-3-5-11(7-10)21-2/h3-8H,1-2H3,(H2,16,17,18,19,20). The molecule has 8 heteroatoms. The zero-order chi connectivity index (χ0) is 15.4. The highest BCUT2D eigenvalue weighted by atomic mass is 16.5. The van der Waals surface area contributed by atoms with Gasteiger partial charge in [-0.05, 0) is 19.1 Å². The first-order valence-corrected chi connectivity index (χ1v) is 6.54. The quantitative estimate of drug-likeness (QED) is 0.742. The summed E-state index contributed by atoms with van der Waals surface area (Å²) in [5.41, 5.74) is 0.801. The Hall–Kier alpha value is -3.16. The zero-order valence-corrected chi connectivity index (χ0v) is 12.1.